The number of carbonyl (C=O) groups excluding carboxylic acids is 3. The van der Waals surface area contributed by atoms with Gasteiger partial charge in [0.15, 0.2) is 17.9 Å². The summed E-state index contributed by atoms with van der Waals surface area (Å²) in [6.45, 7) is 18.1. The van der Waals surface area contributed by atoms with E-state index in [1.807, 2.05) is 73.6 Å². The number of nitrogens with two attached hydrogens (primary N) is 2. The van der Waals surface area contributed by atoms with Crippen LogP contribution >= 0.6 is 0 Å². The number of sulfonamides is 1. The van der Waals surface area contributed by atoms with E-state index in [1.54, 1.807) is 30.3 Å². The van der Waals surface area contributed by atoms with Crippen molar-refractivity contribution in [3.05, 3.63) is 143 Å². The van der Waals surface area contributed by atoms with Crippen LogP contribution in [-0.4, -0.2) is 261 Å². The van der Waals surface area contributed by atoms with Gasteiger partial charge in [-0.15, -0.1) is 0 Å². The number of nitrogens with zero attached hydrogens (tertiary/aromatic N) is 5. The molecular formula is C76H106N11O24S3+. The quantitative estimate of drug-likeness (QED) is 0.0149. The summed E-state index contributed by atoms with van der Waals surface area (Å²) in [6.07, 6.45) is 7.21. The van der Waals surface area contributed by atoms with E-state index in [2.05, 4.69) is 35.9 Å². The van der Waals surface area contributed by atoms with Gasteiger partial charge in [-0.25, -0.2) is 18.5 Å². The van der Waals surface area contributed by atoms with Gasteiger partial charge < -0.3 is 93.1 Å². The number of hydrogen-bond donors (Lipinski definition) is 8. The number of nitrogens with one attached hydrogen (secondary N) is 4. The van der Waals surface area contributed by atoms with Crippen LogP contribution in [-0.2, 0) is 132 Å². The SMILES string of the molecule is CC1(C)C(/C=C/C=C2/N(CCC(=O)NCCOCCOCCOCCOCCOCCOCCOCCOCCOCCOCCOCCOCCC(=O)NCc3ccc(COc4nc(N)nc5nc[nH]c45)cc3)c3ccc(S(=O)(=O)O)cc3C2(C)C)=[N+](CCC(=O)NCc2ccc(S(N)(=O)=O)cc2)c2ccc(S(=O)(=O)O)cc21. The molecule has 0 fully saturated rings. The highest BCUT2D eigenvalue weighted by atomic mass is 32.2. The van der Waals surface area contributed by atoms with Crippen molar-refractivity contribution in [2.45, 2.75) is 92.2 Å². The van der Waals surface area contributed by atoms with Crippen LogP contribution in [0, 0.1) is 0 Å². The fraction of sp³-hybridized carbons (Fsp3) is 0.513. The number of amides is 3. The van der Waals surface area contributed by atoms with Crippen LogP contribution in [0.25, 0.3) is 11.2 Å². The van der Waals surface area contributed by atoms with Crippen molar-refractivity contribution in [3.63, 3.8) is 0 Å². The zero-order valence-electron chi connectivity index (χ0n) is 64.7. The molecule has 0 aliphatic carbocycles. The van der Waals surface area contributed by atoms with Gasteiger partial charge in [-0.3, -0.25) is 23.5 Å². The highest BCUT2D eigenvalue weighted by Gasteiger charge is 2.46. The number of allylic oxidation sites excluding steroid dienone is 4. The van der Waals surface area contributed by atoms with Crippen molar-refractivity contribution < 1.29 is 115 Å². The second-order valence-electron chi connectivity index (χ2n) is 26.9. The van der Waals surface area contributed by atoms with Crippen LogP contribution in [0.2, 0.25) is 0 Å². The molecule has 10 N–H and O–H groups in total. The number of benzene rings is 4. The number of carbonyl (C=O) groups is 3. The minimum absolute atomic E-state index is 0.0132. The van der Waals surface area contributed by atoms with Gasteiger partial charge >= 0.3 is 0 Å². The number of aromatic nitrogens is 4. The topological polar surface area (TPSA) is 463 Å². The second kappa shape index (κ2) is 46.4. The Labute approximate surface area is 664 Å². The molecule has 0 bridgehead atoms. The average Bonchev–Trinajstić information content (AvgIpc) is 1.59. The lowest BCUT2D eigenvalue weighted by Crippen LogP contribution is -2.33. The summed E-state index contributed by atoms with van der Waals surface area (Å²) in [5.74, 6) is -0.306. The van der Waals surface area contributed by atoms with Crippen LogP contribution < -0.4 is 36.5 Å². The van der Waals surface area contributed by atoms with Gasteiger partial charge in [0.2, 0.25) is 45.3 Å². The van der Waals surface area contributed by atoms with Gasteiger partial charge in [0, 0.05) is 73.5 Å². The largest absolute Gasteiger partial charge is 0.471 e. The molecule has 0 atom stereocenters. The van der Waals surface area contributed by atoms with E-state index in [-0.39, 0.29) is 110 Å². The zero-order chi connectivity index (χ0) is 81.8. The third kappa shape index (κ3) is 30.0. The molecule has 114 heavy (non-hydrogen) atoms. The van der Waals surface area contributed by atoms with E-state index in [1.165, 1.54) is 42.7 Å². The first-order chi connectivity index (χ1) is 54.7. The van der Waals surface area contributed by atoms with Gasteiger partial charge in [0.25, 0.3) is 20.2 Å². The number of nitrogen functional groups attached to an aromatic ring is 1. The molecule has 4 heterocycles. The summed E-state index contributed by atoms with van der Waals surface area (Å²) in [4.78, 5) is 55.4. The molecular weight excluding hydrogens is 1550 g/mol. The van der Waals surface area contributed by atoms with E-state index in [4.69, 9.17) is 72.5 Å². The smallest absolute Gasteiger partial charge is 0.294 e. The fourth-order valence-electron chi connectivity index (χ4n) is 12.0. The monoisotopic (exact) mass is 1650 g/mol. The highest BCUT2D eigenvalue weighted by molar-refractivity contribution is 7.89. The van der Waals surface area contributed by atoms with Crippen molar-refractivity contribution in [1.82, 2.24) is 35.9 Å². The van der Waals surface area contributed by atoms with Crippen molar-refractivity contribution in [1.29, 1.82) is 0 Å². The molecule has 0 saturated heterocycles. The van der Waals surface area contributed by atoms with Crippen LogP contribution in [0.5, 0.6) is 5.88 Å². The van der Waals surface area contributed by atoms with Gasteiger partial charge in [-0.2, -0.15) is 31.4 Å². The number of aromatic amines is 1. The molecule has 0 unspecified atom stereocenters. The maximum absolute atomic E-state index is 13.3. The normalized spacial score (nSPS) is 14.3. The number of imidazole rings is 1. The number of rotatable bonds is 57. The predicted molar refractivity (Wildman–Crippen MR) is 418 cm³/mol. The summed E-state index contributed by atoms with van der Waals surface area (Å²) >= 11 is 0. The molecule has 6 aromatic rings. The first kappa shape index (κ1) is 91.2. The Morgan fingerprint density at radius 1 is 0.518 bits per heavy atom. The minimum Gasteiger partial charge on any atom is -0.471 e. The third-order valence-corrected chi connectivity index (χ3v) is 20.6. The van der Waals surface area contributed by atoms with Gasteiger partial charge in [0.05, 0.1) is 191 Å². The lowest BCUT2D eigenvalue weighted by atomic mass is 9.81. The first-order valence-electron chi connectivity index (χ1n) is 37.3. The number of hydrogen-bond acceptors (Lipinski definition) is 27. The molecule has 0 radical (unpaired) electrons. The fourth-order valence-corrected chi connectivity index (χ4v) is 13.5. The molecule has 35 nitrogen and oxygen atoms in total. The van der Waals surface area contributed by atoms with Gasteiger partial charge in [-0.1, -0.05) is 56.3 Å². The van der Waals surface area contributed by atoms with Crippen molar-refractivity contribution >= 4 is 82.2 Å². The van der Waals surface area contributed by atoms with E-state index >= 15 is 0 Å². The number of fused-ring (bicyclic) bond motifs is 3. The van der Waals surface area contributed by atoms with Crippen LogP contribution in [0.4, 0.5) is 17.3 Å². The van der Waals surface area contributed by atoms with Crippen molar-refractivity contribution in [2.75, 3.05) is 189 Å². The Balaban J connectivity index is 0.578. The molecule has 2 aliphatic rings. The molecule has 3 amide bonds. The number of anilines is 2. The number of primary sulfonamides is 1. The van der Waals surface area contributed by atoms with Crippen LogP contribution in [0.15, 0.2) is 130 Å². The summed E-state index contributed by atoms with van der Waals surface area (Å²) < 4.78 is 167. The van der Waals surface area contributed by atoms with E-state index in [0.717, 1.165) is 11.1 Å². The third-order valence-electron chi connectivity index (χ3n) is 18.0. The Kier molecular flexibility index (Phi) is 37.1. The Morgan fingerprint density at radius 2 is 0.947 bits per heavy atom. The molecule has 0 saturated carbocycles. The Hall–Kier alpha value is -8.36. The van der Waals surface area contributed by atoms with E-state index in [0.29, 0.717) is 202 Å². The molecule has 626 valence electrons. The Bertz CT molecular complexity index is 4510. The molecule has 8 rings (SSSR count). The molecule has 2 aromatic heterocycles. The first-order valence-corrected chi connectivity index (χ1v) is 41.7. The lowest BCUT2D eigenvalue weighted by molar-refractivity contribution is -0.436. The molecule has 38 heteroatoms. The maximum Gasteiger partial charge on any atom is 0.294 e. The summed E-state index contributed by atoms with van der Waals surface area (Å²) in [5.41, 5.74) is 11.3. The zero-order valence-corrected chi connectivity index (χ0v) is 67.2. The molecule has 4 aromatic carbocycles. The minimum atomic E-state index is -4.59. The summed E-state index contributed by atoms with van der Waals surface area (Å²) in [7, 11) is -13.1. The van der Waals surface area contributed by atoms with E-state index in [9.17, 15) is 48.7 Å². The standard InChI is InChI=1S/C76H105N11O24S3/c1-75(2)62-50-60(113(93,94)95)16-18-64(62)86(66(75)6-5-7-67-76(3,4)63-51-61(114(96,97)98)17-19-65(63)87(67)25-21-69(89)80-53-57-12-14-59(15-13-57)112(78,91)92)24-20-68(88)79-23-27-100-29-31-102-33-35-104-37-39-106-41-43-108-45-47-110-49-48-109-46-44-107-42-40-105-38-36-103-34-32-101-30-28-99-26-22-70(90)81-52-56-8-10-58(11-9-56)54-111-73-71-72(83-55-82-71)84-74(77)85-73/h5-19,50-51,55H,20-49,52-54H2,1-4H3,(H9-,77,78,79,80,81,82,83,84,85,88,89,90,91,92,93,94,95,96,97,98)/p+1. The molecule has 0 spiro atoms. The second-order valence-corrected chi connectivity index (χ2v) is 31.3. The Morgan fingerprint density at radius 3 is 1.44 bits per heavy atom. The number of ether oxygens (including phenoxy) is 13. The van der Waals surface area contributed by atoms with E-state index < -0.39 is 41.1 Å². The lowest BCUT2D eigenvalue weighted by Gasteiger charge is -2.27. The summed E-state index contributed by atoms with van der Waals surface area (Å²) in [6, 6.07) is 22.0. The summed E-state index contributed by atoms with van der Waals surface area (Å²) in [5, 5.41) is 13.8. The van der Waals surface area contributed by atoms with Gasteiger partial charge in [0.1, 0.15) is 12.1 Å². The van der Waals surface area contributed by atoms with Crippen LogP contribution in [0.1, 0.15) is 74.8 Å². The highest BCUT2D eigenvalue weighted by Crippen LogP contribution is 2.49. The average molecular weight is 1650 g/mol. The van der Waals surface area contributed by atoms with Crippen molar-refractivity contribution in [2.24, 2.45) is 5.14 Å². The molecule has 2 aliphatic heterocycles. The maximum atomic E-state index is 13.3. The number of H-pyrrole nitrogens is 1. The van der Waals surface area contributed by atoms with Crippen LogP contribution in [0.3, 0.4) is 0 Å². The predicted octanol–water partition coefficient (Wildman–Crippen LogP) is 4.39. The van der Waals surface area contributed by atoms with Crippen molar-refractivity contribution in [3.8, 4) is 5.88 Å². The van der Waals surface area contributed by atoms with Gasteiger partial charge in [-0.05, 0) is 84.6 Å².